The third-order valence-corrected chi connectivity index (χ3v) is 7.49. The molecule has 3 heterocycles. The second-order valence-electron chi connectivity index (χ2n) is 7.53. The van der Waals surface area contributed by atoms with Crippen molar-refractivity contribution in [3.8, 4) is 22.9 Å². The van der Waals surface area contributed by atoms with Gasteiger partial charge in [0.2, 0.25) is 11.7 Å². The predicted octanol–water partition coefficient (Wildman–Crippen LogP) is 5.23. The first-order valence-corrected chi connectivity index (χ1v) is 12.4. The lowest BCUT2D eigenvalue weighted by atomic mass is 10.2. The summed E-state index contributed by atoms with van der Waals surface area (Å²) in [6, 6.07) is 5.43. The van der Waals surface area contributed by atoms with Gasteiger partial charge in [-0.3, -0.25) is 9.36 Å². The first-order valence-electron chi connectivity index (χ1n) is 10.6. The molecule has 0 bridgehead atoms. The van der Waals surface area contributed by atoms with Crippen LogP contribution in [0, 0.1) is 13.8 Å². The van der Waals surface area contributed by atoms with Gasteiger partial charge in [-0.2, -0.15) is 4.98 Å². The molecule has 33 heavy (non-hydrogen) atoms. The Bertz CT molecular complexity index is 1340. The van der Waals surface area contributed by atoms with E-state index in [-0.39, 0.29) is 5.56 Å². The molecule has 0 spiro atoms. The fourth-order valence-electron chi connectivity index (χ4n) is 3.46. The van der Waals surface area contributed by atoms with Gasteiger partial charge in [-0.05, 0) is 38.0 Å². The van der Waals surface area contributed by atoms with Crippen molar-refractivity contribution in [3.05, 3.63) is 44.9 Å². The van der Waals surface area contributed by atoms with Gasteiger partial charge in [0.05, 0.1) is 30.9 Å². The van der Waals surface area contributed by atoms with E-state index in [1.165, 1.54) is 11.8 Å². The maximum Gasteiger partial charge on any atom is 0.263 e. The number of benzene rings is 1. The predicted molar refractivity (Wildman–Crippen MR) is 131 cm³/mol. The normalized spacial score (nSPS) is 11.3. The number of unbranched alkanes of at least 4 members (excludes halogenated alkanes) is 1. The first-order chi connectivity index (χ1) is 16.0. The minimum absolute atomic E-state index is 0.0204. The Hall–Kier alpha value is -2.85. The summed E-state index contributed by atoms with van der Waals surface area (Å²) in [5, 5.41) is 5.51. The highest BCUT2D eigenvalue weighted by Crippen LogP contribution is 2.33. The van der Waals surface area contributed by atoms with E-state index in [9.17, 15) is 4.79 Å². The molecular weight excluding hydrogens is 460 g/mol. The molecule has 0 amide bonds. The van der Waals surface area contributed by atoms with Gasteiger partial charge in [-0.15, -0.1) is 11.3 Å². The van der Waals surface area contributed by atoms with Gasteiger partial charge >= 0.3 is 0 Å². The molecule has 4 aromatic rings. The van der Waals surface area contributed by atoms with Crippen LogP contribution in [0.5, 0.6) is 11.5 Å². The average molecular weight is 487 g/mol. The van der Waals surface area contributed by atoms with E-state index in [0.717, 1.165) is 33.5 Å². The van der Waals surface area contributed by atoms with Crippen LogP contribution in [0.3, 0.4) is 0 Å². The number of ether oxygens (including phenoxy) is 2. The number of fused-ring (bicyclic) bond motifs is 1. The second-order valence-corrected chi connectivity index (χ2v) is 9.68. The van der Waals surface area contributed by atoms with E-state index in [2.05, 4.69) is 17.1 Å². The number of nitrogens with zero attached hydrogens (tertiary/aromatic N) is 4. The maximum atomic E-state index is 13.3. The standard InChI is InChI=1S/C23H26N4O4S2/c1-6-7-10-27-22(28)19-13(2)14(3)33-21(19)25-23(27)32-12-18-24-20(26-31-18)16-9-8-15(29-4)11-17(16)30-5/h8-9,11H,6-7,10,12H2,1-5H3. The summed E-state index contributed by atoms with van der Waals surface area (Å²) in [6.45, 7) is 6.75. The third-order valence-electron chi connectivity index (χ3n) is 5.43. The van der Waals surface area contributed by atoms with Crippen LogP contribution in [0.4, 0.5) is 0 Å². The zero-order valence-corrected chi connectivity index (χ0v) is 20.9. The molecule has 1 aromatic carbocycles. The summed E-state index contributed by atoms with van der Waals surface area (Å²) < 4.78 is 17.9. The van der Waals surface area contributed by atoms with E-state index < -0.39 is 0 Å². The minimum atomic E-state index is 0.0204. The van der Waals surface area contributed by atoms with Crippen molar-refractivity contribution in [3.63, 3.8) is 0 Å². The molecule has 0 atom stereocenters. The Kier molecular flexibility index (Phi) is 7.04. The van der Waals surface area contributed by atoms with E-state index in [4.69, 9.17) is 19.0 Å². The second kappa shape index (κ2) is 9.96. The van der Waals surface area contributed by atoms with Crippen molar-refractivity contribution in [2.45, 2.75) is 51.1 Å². The van der Waals surface area contributed by atoms with Crippen LogP contribution in [0.2, 0.25) is 0 Å². The molecule has 3 aromatic heterocycles. The largest absolute Gasteiger partial charge is 0.497 e. The van der Waals surface area contributed by atoms with Crippen LogP contribution in [0.25, 0.3) is 21.6 Å². The molecule has 0 saturated carbocycles. The molecule has 174 valence electrons. The van der Waals surface area contributed by atoms with Crippen molar-refractivity contribution >= 4 is 33.3 Å². The van der Waals surface area contributed by atoms with E-state index >= 15 is 0 Å². The number of hydrogen-bond donors (Lipinski definition) is 0. The van der Waals surface area contributed by atoms with Crippen molar-refractivity contribution in [2.24, 2.45) is 0 Å². The third kappa shape index (κ3) is 4.63. The lowest BCUT2D eigenvalue weighted by molar-refractivity contribution is 0.388. The monoisotopic (exact) mass is 486 g/mol. The number of thiophene rings is 1. The molecule has 8 nitrogen and oxygen atoms in total. The van der Waals surface area contributed by atoms with Gasteiger partial charge in [-0.25, -0.2) is 4.98 Å². The summed E-state index contributed by atoms with van der Waals surface area (Å²) >= 11 is 2.99. The fourth-order valence-corrected chi connectivity index (χ4v) is 5.40. The van der Waals surface area contributed by atoms with Crippen molar-refractivity contribution in [1.82, 2.24) is 19.7 Å². The minimum Gasteiger partial charge on any atom is -0.497 e. The van der Waals surface area contributed by atoms with Crippen LogP contribution < -0.4 is 15.0 Å². The van der Waals surface area contributed by atoms with Crippen LogP contribution in [-0.2, 0) is 12.3 Å². The summed E-state index contributed by atoms with van der Waals surface area (Å²) in [5.74, 6) is 2.56. The molecular formula is C23H26N4O4S2. The van der Waals surface area contributed by atoms with E-state index in [1.54, 1.807) is 36.2 Å². The summed E-state index contributed by atoms with van der Waals surface area (Å²) in [6.07, 6.45) is 1.90. The Labute approximate surface area is 199 Å². The highest BCUT2D eigenvalue weighted by atomic mass is 32.2. The smallest absolute Gasteiger partial charge is 0.263 e. The highest BCUT2D eigenvalue weighted by Gasteiger charge is 2.19. The zero-order chi connectivity index (χ0) is 23.5. The Morgan fingerprint density at radius 1 is 1.18 bits per heavy atom. The van der Waals surface area contributed by atoms with Crippen LogP contribution in [0.1, 0.15) is 36.1 Å². The number of rotatable bonds is 9. The van der Waals surface area contributed by atoms with Crippen molar-refractivity contribution < 1.29 is 14.0 Å². The van der Waals surface area contributed by atoms with Gasteiger partial charge < -0.3 is 14.0 Å². The van der Waals surface area contributed by atoms with Crippen LogP contribution >= 0.6 is 23.1 Å². The van der Waals surface area contributed by atoms with Gasteiger partial charge in [0, 0.05) is 17.5 Å². The Morgan fingerprint density at radius 2 is 2.00 bits per heavy atom. The molecule has 4 rings (SSSR count). The van der Waals surface area contributed by atoms with E-state index in [0.29, 0.717) is 46.2 Å². The van der Waals surface area contributed by atoms with E-state index in [1.807, 2.05) is 26.0 Å². The molecule has 0 unspecified atom stereocenters. The molecule has 0 saturated heterocycles. The summed E-state index contributed by atoms with van der Waals surface area (Å²) in [4.78, 5) is 24.5. The summed E-state index contributed by atoms with van der Waals surface area (Å²) in [5.41, 5.74) is 1.75. The van der Waals surface area contributed by atoms with Gasteiger partial charge in [-0.1, -0.05) is 30.3 Å². The maximum absolute atomic E-state index is 13.3. The quantitative estimate of drug-likeness (QED) is 0.234. The fraction of sp³-hybridized carbons (Fsp3) is 0.391. The first kappa shape index (κ1) is 23.3. The molecule has 0 fully saturated rings. The van der Waals surface area contributed by atoms with Crippen LogP contribution in [0.15, 0.2) is 32.7 Å². The Balaban J connectivity index is 1.62. The Morgan fingerprint density at radius 3 is 2.73 bits per heavy atom. The number of aryl methyl sites for hydroxylation is 2. The van der Waals surface area contributed by atoms with Crippen molar-refractivity contribution in [2.75, 3.05) is 14.2 Å². The average Bonchev–Trinajstić information content (AvgIpc) is 3.41. The highest BCUT2D eigenvalue weighted by molar-refractivity contribution is 7.98. The zero-order valence-electron chi connectivity index (χ0n) is 19.3. The summed E-state index contributed by atoms with van der Waals surface area (Å²) in [7, 11) is 3.18. The number of hydrogen-bond acceptors (Lipinski definition) is 9. The number of aromatic nitrogens is 4. The van der Waals surface area contributed by atoms with Gasteiger partial charge in [0.25, 0.3) is 5.56 Å². The molecule has 0 aliphatic heterocycles. The molecule has 0 aliphatic carbocycles. The van der Waals surface area contributed by atoms with Gasteiger partial charge in [0.15, 0.2) is 5.16 Å². The molecule has 0 N–H and O–H groups in total. The number of methoxy groups -OCH3 is 2. The number of thioether (sulfide) groups is 1. The molecule has 0 aliphatic rings. The lowest BCUT2D eigenvalue weighted by Crippen LogP contribution is -2.23. The molecule has 0 radical (unpaired) electrons. The van der Waals surface area contributed by atoms with Gasteiger partial charge in [0.1, 0.15) is 16.3 Å². The molecule has 10 heteroatoms. The van der Waals surface area contributed by atoms with Crippen LogP contribution in [-0.4, -0.2) is 33.9 Å². The van der Waals surface area contributed by atoms with Crippen molar-refractivity contribution in [1.29, 1.82) is 0 Å². The lowest BCUT2D eigenvalue weighted by Gasteiger charge is -2.11. The topological polar surface area (TPSA) is 92.3 Å². The SMILES string of the molecule is CCCCn1c(SCc2nc(-c3ccc(OC)cc3OC)no2)nc2sc(C)c(C)c2c1=O.